The fourth-order valence-electron chi connectivity index (χ4n) is 8.81. The van der Waals surface area contributed by atoms with Crippen LogP contribution in [0.15, 0.2) is 66.9 Å². The van der Waals surface area contributed by atoms with Crippen LogP contribution >= 0.6 is 11.6 Å². The number of anilines is 1. The van der Waals surface area contributed by atoms with Gasteiger partial charge in [0.25, 0.3) is 5.91 Å². The highest BCUT2D eigenvalue weighted by Crippen LogP contribution is 2.49. The maximum absolute atomic E-state index is 13.6. The van der Waals surface area contributed by atoms with Crippen LogP contribution in [0.1, 0.15) is 78.7 Å². The van der Waals surface area contributed by atoms with Crippen molar-refractivity contribution < 1.29 is 22.7 Å². The van der Waals surface area contributed by atoms with Crippen LogP contribution in [0.2, 0.25) is 5.02 Å². The maximum Gasteiger partial charge on any atom is 0.264 e. The van der Waals surface area contributed by atoms with E-state index in [0.717, 1.165) is 60.6 Å². The van der Waals surface area contributed by atoms with Crippen LogP contribution in [0, 0.1) is 24.7 Å². The number of carbonyl (C=O) groups excluding carboxylic acids is 1. The molecule has 2 aromatic carbocycles. The number of hydrogen-bond acceptors (Lipinski definition) is 7. The molecule has 1 fully saturated rings. The van der Waals surface area contributed by atoms with Gasteiger partial charge in [0.2, 0.25) is 10.0 Å². The highest BCUT2D eigenvalue weighted by atomic mass is 35.5. The number of ether oxygens (including phenoxy) is 2. The average Bonchev–Trinajstić information content (AvgIpc) is 3.22. The third-order valence-corrected chi connectivity index (χ3v) is 14.2. The molecule has 1 N–H and O–H groups in total. The first-order valence-electron chi connectivity index (χ1n) is 17.9. The van der Waals surface area contributed by atoms with Gasteiger partial charge in [-0.15, -0.1) is 0 Å². The predicted octanol–water partition coefficient (Wildman–Crippen LogP) is 7.21. The van der Waals surface area contributed by atoms with Crippen molar-refractivity contribution in [1.29, 1.82) is 0 Å². The van der Waals surface area contributed by atoms with Crippen molar-refractivity contribution in [2.45, 2.75) is 82.0 Å². The molecule has 2 bridgehead atoms. The first-order chi connectivity index (χ1) is 23.9. The molecule has 3 heterocycles. The van der Waals surface area contributed by atoms with Gasteiger partial charge >= 0.3 is 0 Å². The number of aromatic nitrogens is 1. The van der Waals surface area contributed by atoms with Crippen LogP contribution in [-0.2, 0) is 33.0 Å². The van der Waals surface area contributed by atoms with Gasteiger partial charge in [0.05, 0.1) is 23.1 Å². The van der Waals surface area contributed by atoms with Gasteiger partial charge in [-0.1, -0.05) is 36.7 Å². The Morgan fingerprint density at radius 2 is 1.96 bits per heavy atom. The molecule has 1 saturated carbocycles. The number of amides is 1. The molecule has 10 heteroatoms. The van der Waals surface area contributed by atoms with Crippen molar-refractivity contribution in [3.63, 3.8) is 0 Å². The van der Waals surface area contributed by atoms with Crippen molar-refractivity contribution >= 4 is 33.2 Å². The van der Waals surface area contributed by atoms with Crippen molar-refractivity contribution in [2.24, 2.45) is 17.8 Å². The van der Waals surface area contributed by atoms with Crippen molar-refractivity contribution in [3.05, 3.63) is 99.9 Å². The molecule has 0 saturated heterocycles. The van der Waals surface area contributed by atoms with E-state index in [0.29, 0.717) is 43.2 Å². The summed E-state index contributed by atoms with van der Waals surface area (Å²) < 4.78 is 42.7. The van der Waals surface area contributed by atoms with Gasteiger partial charge in [0, 0.05) is 54.5 Å². The highest BCUT2D eigenvalue weighted by molar-refractivity contribution is 7.90. The molecule has 50 heavy (non-hydrogen) atoms. The summed E-state index contributed by atoms with van der Waals surface area (Å²) in [6, 6.07) is 15.7. The maximum atomic E-state index is 13.6. The summed E-state index contributed by atoms with van der Waals surface area (Å²) in [7, 11) is -2.17. The summed E-state index contributed by atoms with van der Waals surface area (Å²) in [5, 5.41) is -0.0569. The molecule has 6 atom stereocenters. The first-order valence-corrected chi connectivity index (χ1v) is 19.9. The SMILES string of the molecule is CO[C@@]1(Cc2cc(C)ccn2)/C=C\C[C@H](C)[C@@H](C)S(=O)(=O)NC(=O)c2ccc3c(c2)N(C[C@@H]2CC[C@H]21)C[C@@]1(CCCc2cc(Cl)ccc21)CO3. The normalized spacial score (nSPS) is 31.3. The second-order valence-corrected chi connectivity index (χ2v) is 17.7. The van der Waals surface area contributed by atoms with E-state index < -0.39 is 26.8 Å². The average molecular weight is 718 g/mol. The number of benzene rings is 2. The second kappa shape index (κ2) is 13.6. The summed E-state index contributed by atoms with van der Waals surface area (Å²) in [5.74, 6) is 0.319. The molecule has 2 aliphatic carbocycles. The molecular formula is C40H48ClN3O5S. The second-order valence-electron chi connectivity index (χ2n) is 15.2. The summed E-state index contributed by atoms with van der Waals surface area (Å²) in [6.07, 6.45) is 12.3. The fourth-order valence-corrected chi connectivity index (χ4v) is 10.3. The first kappa shape index (κ1) is 35.0. The highest BCUT2D eigenvalue weighted by Gasteiger charge is 2.49. The zero-order chi connectivity index (χ0) is 35.3. The van der Waals surface area contributed by atoms with E-state index in [9.17, 15) is 13.2 Å². The van der Waals surface area contributed by atoms with Gasteiger partial charge in [-0.3, -0.25) is 9.78 Å². The van der Waals surface area contributed by atoms with Gasteiger partial charge in [0.15, 0.2) is 0 Å². The number of halogens is 1. The summed E-state index contributed by atoms with van der Waals surface area (Å²) in [4.78, 5) is 20.7. The summed E-state index contributed by atoms with van der Waals surface area (Å²) in [5.41, 5.74) is 4.84. The number of nitrogens with zero attached hydrogens (tertiary/aromatic N) is 2. The Morgan fingerprint density at radius 1 is 1.12 bits per heavy atom. The number of pyridine rings is 1. The van der Waals surface area contributed by atoms with E-state index in [1.54, 1.807) is 20.1 Å². The van der Waals surface area contributed by atoms with E-state index in [1.807, 2.05) is 37.4 Å². The molecule has 2 aliphatic heterocycles. The molecule has 7 rings (SSSR count). The minimum Gasteiger partial charge on any atom is -0.490 e. The quantitative estimate of drug-likeness (QED) is 0.286. The van der Waals surface area contributed by atoms with Crippen molar-refractivity contribution in [2.75, 3.05) is 31.7 Å². The number of aryl methyl sites for hydroxylation is 2. The Hall–Kier alpha value is -3.40. The number of nitrogens with one attached hydrogen (secondary N) is 1. The summed E-state index contributed by atoms with van der Waals surface area (Å²) in [6.45, 7) is 7.59. The molecule has 1 spiro atoms. The Bertz CT molecular complexity index is 1920. The van der Waals surface area contributed by atoms with Crippen molar-refractivity contribution in [1.82, 2.24) is 9.71 Å². The molecule has 4 aliphatic rings. The number of rotatable bonds is 3. The zero-order valence-electron chi connectivity index (χ0n) is 29.5. The number of carbonyl (C=O) groups is 1. The fraction of sp³-hybridized carbons (Fsp3) is 0.500. The lowest BCUT2D eigenvalue weighted by atomic mass is 9.62. The standard InChI is InChI=1S/C40H48ClN3O5S/c1-26-15-18-42-33(19-26)22-40(48-4)17-5-7-27(2)28(3)50(46,47)43-38(45)30-10-14-37-36(21-30)44(23-31-9-12-35(31)40)24-39(25-49-37)16-6-8-29-20-32(41)11-13-34(29)39/h5,10-11,13-15,17-21,27-28,31,35H,6-9,12,16,22-25H2,1-4H3,(H,43,45)/b17-5-/t27-,28+,31-,35+,39-,40+/m0/s1. The van der Waals surface area contributed by atoms with Crippen LogP contribution in [0.4, 0.5) is 5.69 Å². The van der Waals surface area contributed by atoms with Gasteiger partial charge in [0.1, 0.15) is 5.75 Å². The Balaban J connectivity index is 1.34. The third kappa shape index (κ3) is 6.57. The lowest BCUT2D eigenvalue weighted by Crippen LogP contribution is -2.54. The number of fused-ring (bicyclic) bond motifs is 4. The minimum atomic E-state index is -3.96. The largest absolute Gasteiger partial charge is 0.490 e. The summed E-state index contributed by atoms with van der Waals surface area (Å²) >= 11 is 6.48. The molecular weight excluding hydrogens is 670 g/mol. The third-order valence-electron chi connectivity index (χ3n) is 12.0. The smallest absolute Gasteiger partial charge is 0.264 e. The van der Waals surface area contributed by atoms with Gasteiger partial charge in [-0.05, 0) is 129 Å². The van der Waals surface area contributed by atoms with Crippen LogP contribution in [0.3, 0.4) is 0 Å². The molecule has 8 nitrogen and oxygen atoms in total. The monoisotopic (exact) mass is 717 g/mol. The lowest BCUT2D eigenvalue weighted by Gasteiger charge is -2.50. The van der Waals surface area contributed by atoms with Crippen LogP contribution in [-0.4, -0.2) is 57.0 Å². The van der Waals surface area contributed by atoms with Gasteiger partial charge in [-0.25, -0.2) is 13.1 Å². The van der Waals surface area contributed by atoms with E-state index in [-0.39, 0.29) is 17.3 Å². The van der Waals surface area contributed by atoms with Crippen LogP contribution < -0.4 is 14.4 Å². The molecule has 0 unspecified atom stereocenters. The Labute approximate surface area is 301 Å². The molecule has 1 amide bonds. The van der Waals surface area contributed by atoms with E-state index in [4.69, 9.17) is 26.1 Å². The van der Waals surface area contributed by atoms with Gasteiger partial charge in [-0.2, -0.15) is 0 Å². The number of methoxy groups -OCH3 is 1. The van der Waals surface area contributed by atoms with Crippen molar-refractivity contribution in [3.8, 4) is 5.75 Å². The molecule has 1 aromatic heterocycles. The van der Waals surface area contributed by atoms with Gasteiger partial charge < -0.3 is 14.4 Å². The molecule has 0 radical (unpaired) electrons. The van der Waals surface area contributed by atoms with E-state index in [2.05, 4.69) is 46.9 Å². The predicted molar refractivity (Wildman–Crippen MR) is 198 cm³/mol. The van der Waals surface area contributed by atoms with Crippen LogP contribution in [0.25, 0.3) is 0 Å². The Kier molecular flexibility index (Phi) is 9.54. The van der Waals surface area contributed by atoms with Crippen LogP contribution in [0.5, 0.6) is 5.75 Å². The minimum absolute atomic E-state index is 0.197. The number of hydrogen-bond donors (Lipinski definition) is 1. The molecule has 3 aromatic rings. The zero-order valence-corrected chi connectivity index (χ0v) is 31.0. The number of sulfonamides is 1. The lowest BCUT2D eigenvalue weighted by molar-refractivity contribution is -0.0751. The van der Waals surface area contributed by atoms with E-state index >= 15 is 0 Å². The van der Waals surface area contributed by atoms with E-state index in [1.165, 1.54) is 11.1 Å². The number of allylic oxidation sites excluding steroid dienone is 1. The molecule has 266 valence electrons. The Morgan fingerprint density at radius 3 is 2.72 bits per heavy atom. The topological polar surface area (TPSA) is 97.8 Å².